The van der Waals surface area contributed by atoms with Crippen molar-refractivity contribution >= 4 is 33.4 Å². The molecule has 28 heavy (non-hydrogen) atoms. The van der Waals surface area contributed by atoms with E-state index in [0.717, 1.165) is 45.0 Å². The van der Waals surface area contributed by atoms with Gasteiger partial charge in [-0.1, -0.05) is 25.0 Å². The second kappa shape index (κ2) is 8.47. The van der Waals surface area contributed by atoms with Crippen molar-refractivity contribution in [1.82, 2.24) is 9.88 Å². The van der Waals surface area contributed by atoms with Gasteiger partial charge in [-0.3, -0.25) is 9.89 Å². The van der Waals surface area contributed by atoms with Crippen molar-refractivity contribution in [2.75, 3.05) is 43.9 Å². The van der Waals surface area contributed by atoms with Crippen LogP contribution in [0.3, 0.4) is 0 Å². The normalized spacial score (nSPS) is 24.1. The monoisotopic (exact) mass is 398 g/mol. The van der Waals surface area contributed by atoms with Crippen LogP contribution in [0, 0.1) is 0 Å². The van der Waals surface area contributed by atoms with Crippen LogP contribution >= 0.6 is 11.8 Å². The van der Waals surface area contributed by atoms with Gasteiger partial charge >= 0.3 is 0 Å². The molecule has 1 aromatic heterocycles. The Morgan fingerprint density at radius 2 is 2.07 bits per heavy atom. The van der Waals surface area contributed by atoms with Gasteiger partial charge in [0.15, 0.2) is 0 Å². The number of anilines is 1. The first-order chi connectivity index (χ1) is 13.8. The van der Waals surface area contributed by atoms with Crippen LogP contribution in [-0.4, -0.2) is 65.6 Å². The van der Waals surface area contributed by atoms with Crippen molar-refractivity contribution in [2.45, 2.75) is 44.2 Å². The number of fused-ring (bicyclic) bond motifs is 1. The molecule has 2 aromatic rings. The van der Waals surface area contributed by atoms with Gasteiger partial charge in [-0.05, 0) is 31.4 Å². The summed E-state index contributed by atoms with van der Waals surface area (Å²) in [5.41, 5.74) is 3.64. The minimum Gasteiger partial charge on any atom is -0.381 e. The summed E-state index contributed by atoms with van der Waals surface area (Å²) >= 11 is 1.90. The highest BCUT2D eigenvalue weighted by Gasteiger charge is 2.23. The third-order valence-electron chi connectivity index (χ3n) is 6.20. The highest BCUT2D eigenvalue weighted by molar-refractivity contribution is 8.14. The molecule has 1 saturated carbocycles. The van der Waals surface area contributed by atoms with Gasteiger partial charge in [0.05, 0.1) is 36.2 Å². The van der Waals surface area contributed by atoms with Gasteiger partial charge in [-0.15, -0.1) is 11.8 Å². The average molecular weight is 399 g/mol. The second-order valence-corrected chi connectivity index (χ2v) is 9.23. The number of aromatic amines is 1. The van der Waals surface area contributed by atoms with Crippen LogP contribution in [0.5, 0.6) is 0 Å². The van der Waals surface area contributed by atoms with E-state index in [4.69, 9.17) is 9.73 Å². The topological polar surface area (TPSA) is 52.7 Å². The predicted octanol–water partition coefficient (Wildman–Crippen LogP) is 4.11. The quantitative estimate of drug-likeness (QED) is 0.769. The number of morpholine rings is 1. The third kappa shape index (κ3) is 4.09. The number of aromatic nitrogens is 1. The van der Waals surface area contributed by atoms with E-state index in [1.807, 2.05) is 11.8 Å². The third-order valence-corrected chi connectivity index (χ3v) is 7.35. The molecule has 0 radical (unpaired) electrons. The van der Waals surface area contributed by atoms with Crippen molar-refractivity contribution in [3.05, 3.63) is 30.0 Å². The van der Waals surface area contributed by atoms with Crippen molar-refractivity contribution < 1.29 is 4.74 Å². The number of benzene rings is 1. The standard InChI is InChI=1S/C22H30N4OS/c1-2-6-17(5-1)23-19-7-3-4-16-14-20(25-21(16)19)22-24-18(15-28-22)8-9-26-10-12-27-13-11-26/h3-4,7,14,17-18,23,25H,1-2,5-6,8-13,15H2/t18-/m1/s1. The lowest BCUT2D eigenvalue weighted by Gasteiger charge is -2.26. The molecule has 1 aromatic carbocycles. The van der Waals surface area contributed by atoms with E-state index >= 15 is 0 Å². The summed E-state index contributed by atoms with van der Waals surface area (Å²) in [7, 11) is 0. The van der Waals surface area contributed by atoms with Crippen LogP contribution in [-0.2, 0) is 4.74 Å². The highest BCUT2D eigenvalue weighted by Crippen LogP contribution is 2.31. The zero-order valence-corrected chi connectivity index (χ0v) is 17.3. The summed E-state index contributed by atoms with van der Waals surface area (Å²) in [4.78, 5) is 11.2. The first-order valence-corrected chi connectivity index (χ1v) is 11.7. The molecular weight excluding hydrogens is 368 g/mol. The van der Waals surface area contributed by atoms with E-state index in [0.29, 0.717) is 12.1 Å². The van der Waals surface area contributed by atoms with E-state index < -0.39 is 0 Å². The minimum atomic E-state index is 0.436. The maximum absolute atomic E-state index is 5.44. The van der Waals surface area contributed by atoms with Crippen LogP contribution in [0.2, 0.25) is 0 Å². The fourth-order valence-electron chi connectivity index (χ4n) is 4.55. The van der Waals surface area contributed by atoms with Gasteiger partial charge in [-0.25, -0.2) is 0 Å². The van der Waals surface area contributed by atoms with Gasteiger partial charge in [0.2, 0.25) is 0 Å². The Labute approximate surface area is 171 Å². The first kappa shape index (κ1) is 18.5. The van der Waals surface area contributed by atoms with Gasteiger partial charge in [0.25, 0.3) is 0 Å². The van der Waals surface area contributed by atoms with Crippen LogP contribution in [0.25, 0.3) is 10.9 Å². The fraction of sp³-hybridized carbons (Fsp3) is 0.591. The van der Waals surface area contributed by atoms with Gasteiger partial charge in [0.1, 0.15) is 5.04 Å². The number of hydrogen-bond donors (Lipinski definition) is 2. The average Bonchev–Trinajstić information content (AvgIpc) is 3.48. The van der Waals surface area contributed by atoms with E-state index in [9.17, 15) is 0 Å². The highest BCUT2D eigenvalue weighted by atomic mass is 32.2. The SMILES string of the molecule is c1cc(NC2CCCC2)c2[nH]c(C3=N[C@H](CCN4CCOCC4)CS3)cc2c1. The number of nitrogens with zero attached hydrogens (tertiary/aromatic N) is 2. The molecule has 2 N–H and O–H groups in total. The Morgan fingerprint density at radius 1 is 1.21 bits per heavy atom. The Balaban J connectivity index is 1.27. The van der Waals surface area contributed by atoms with Crippen LogP contribution in [0.4, 0.5) is 5.69 Å². The molecule has 0 bridgehead atoms. The van der Waals surface area contributed by atoms with Gasteiger partial charge in [-0.2, -0.15) is 0 Å². The summed E-state index contributed by atoms with van der Waals surface area (Å²) in [6, 6.07) is 9.89. The smallest absolute Gasteiger partial charge is 0.114 e. The molecule has 2 aliphatic heterocycles. The molecule has 2 fully saturated rings. The van der Waals surface area contributed by atoms with Crippen molar-refractivity contribution in [3.8, 4) is 0 Å². The molecule has 5 nitrogen and oxygen atoms in total. The first-order valence-electron chi connectivity index (χ1n) is 10.7. The Kier molecular flexibility index (Phi) is 5.61. The molecule has 1 saturated heterocycles. The van der Waals surface area contributed by atoms with E-state index in [1.54, 1.807) is 0 Å². The lowest BCUT2D eigenvalue weighted by atomic mass is 10.2. The molecule has 1 aliphatic carbocycles. The Hall–Kier alpha value is -1.50. The second-order valence-electron chi connectivity index (χ2n) is 8.22. The molecule has 3 aliphatic rings. The van der Waals surface area contributed by atoms with E-state index in [-0.39, 0.29) is 0 Å². The molecule has 3 heterocycles. The number of hydrogen-bond acceptors (Lipinski definition) is 5. The molecule has 0 amide bonds. The lowest BCUT2D eigenvalue weighted by Crippen LogP contribution is -2.37. The predicted molar refractivity (Wildman–Crippen MR) is 119 cm³/mol. The number of thioether (sulfide) groups is 1. The lowest BCUT2D eigenvalue weighted by molar-refractivity contribution is 0.0369. The van der Waals surface area contributed by atoms with Gasteiger partial charge < -0.3 is 15.0 Å². The Bertz CT molecular complexity index is 836. The molecule has 0 unspecified atom stereocenters. The minimum absolute atomic E-state index is 0.436. The molecule has 5 rings (SSSR count). The number of nitrogens with one attached hydrogen (secondary N) is 2. The molecule has 1 atom stereocenters. The molecular formula is C22H30N4OS. The molecule has 6 heteroatoms. The summed E-state index contributed by atoms with van der Waals surface area (Å²) in [6.07, 6.45) is 6.42. The molecule has 150 valence electrons. The molecule has 0 spiro atoms. The summed E-state index contributed by atoms with van der Waals surface area (Å²) in [5, 5.41) is 6.21. The van der Waals surface area contributed by atoms with Crippen LogP contribution < -0.4 is 5.32 Å². The summed E-state index contributed by atoms with van der Waals surface area (Å²) < 4.78 is 5.44. The zero-order chi connectivity index (χ0) is 18.8. The summed E-state index contributed by atoms with van der Waals surface area (Å²) in [6.45, 7) is 5.01. The van der Waals surface area contributed by atoms with Gasteiger partial charge in [0, 0.05) is 36.8 Å². The number of ether oxygens (including phenoxy) is 1. The van der Waals surface area contributed by atoms with Crippen molar-refractivity contribution in [2.24, 2.45) is 4.99 Å². The maximum Gasteiger partial charge on any atom is 0.114 e. The van der Waals surface area contributed by atoms with Crippen LogP contribution in [0.1, 0.15) is 37.8 Å². The van der Waals surface area contributed by atoms with E-state index in [1.165, 1.54) is 53.0 Å². The number of rotatable bonds is 6. The number of aliphatic imine (C=N–C) groups is 1. The maximum atomic E-state index is 5.44. The number of H-pyrrole nitrogens is 1. The van der Waals surface area contributed by atoms with E-state index in [2.05, 4.69) is 39.5 Å². The largest absolute Gasteiger partial charge is 0.381 e. The fourth-order valence-corrected chi connectivity index (χ4v) is 5.63. The van der Waals surface area contributed by atoms with Crippen molar-refractivity contribution in [1.29, 1.82) is 0 Å². The van der Waals surface area contributed by atoms with Crippen LogP contribution in [0.15, 0.2) is 29.3 Å². The summed E-state index contributed by atoms with van der Waals surface area (Å²) in [5.74, 6) is 1.10. The number of para-hydroxylation sites is 1. The zero-order valence-electron chi connectivity index (χ0n) is 16.5. The van der Waals surface area contributed by atoms with Crippen molar-refractivity contribution in [3.63, 3.8) is 0 Å². The Morgan fingerprint density at radius 3 is 2.93 bits per heavy atom.